The molecule has 1 N–H and O–H groups in total. The molecule has 0 amide bonds. The van der Waals surface area contributed by atoms with E-state index >= 15 is 0 Å². The van der Waals surface area contributed by atoms with E-state index in [2.05, 4.69) is 12.0 Å². The molecule has 17 heavy (non-hydrogen) atoms. The summed E-state index contributed by atoms with van der Waals surface area (Å²) in [5, 5.41) is 14.7. The van der Waals surface area contributed by atoms with Crippen molar-refractivity contribution in [3.8, 4) is 5.75 Å². The molecule has 5 heteroatoms. The topological polar surface area (TPSA) is 56.5 Å². The van der Waals surface area contributed by atoms with Gasteiger partial charge in [-0.2, -0.15) is 5.10 Å². The van der Waals surface area contributed by atoms with Crippen LogP contribution >= 0.6 is 0 Å². The highest BCUT2D eigenvalue weighted by Gasteiger charge is 2.31. The van der Waals surface area contributed by atoms with Crippen LogP contribution in [0.2, 0.25) is 0 Å². The summed E-state index contributed by atoms with van der Waals surface area (Å²) in [6.45, 7) is 5.09. The third kappa shape index (κ3) is 3.20. The van der Waals surface area contributed by atoms with Gasteiger partial charge < -0.3 is 14.6 Å². The largest absolute Gasteiger partial charge is 0.493 e. The molecule has 1 unspecified atom stereocenters. The molecule has 1 rings (SSSR count). The number of ether oxygens (including phenoxy) is 2. The van der Waals surface area contributed by atoms with E-state index in [-0.39, 0.29) is 0 Å². The van der Waals surface area contributed by atoms with Crippen molar-refractivity contribution in [1.82, 2.24) is 9.78 Å². The van der Waals surface area contributed by atoms with E-state index in [1.807, 2.05) is 0 Å². The maximum absolute atomic E-state index is 10.5. The molecule has 1 atom stereocenters. The van der Waals surface area contributed by atoms with E-state index in [1.165, 1.54) is 0 Å². The van der Waals surface area contributed by atoms with Crippen LogP contribution in [0, 0.1) is 0 Å². The van der Waals surface area contributed by atoms with Crippen LogP contribution in [-0.2, 0) is 16.9 Å². The summed E-state index contributed by atoms with van der Waals surface area (Å²) in [5.74, 6) is 0.625. The summed E-state index contributed by atoms with van der Waals surface area (Å²) in [6, 6.07) is 0. The molecule has 0 aliphatic carbocycles. The highest BCUT2D eigenvalue weighted by molar-refractivity contribution is 5.30. The fourth-order valence-electron chi connectivity index (χ4n) is 1.86. The number of aromatic nitrogens is 2. The Kier molecular flexibility index (Phi) is 4.96. The Morgan fingerprint density at radius 3 is 2.71 bits per heavy atom. The molecular formula is C12H22N2O3. The van der Waals surface area contributed by atoms with E-state index in [4.69, 9.17) is 9.47 Å². The summed E-state index contributed by atoms with van der Waals surface area (Å²) in [5.41, 5.74) is -0.272. The molecule has 0 radical (unpaired) electrons. The molecular weight excluding hydrogens is 220 g/mol. The van der Waals surface area contributed by atoms with Gasteiger partial charge in [-0.05, 0) is 13.3 Å². The van der Waals surface area contributed by atoms with E-state index in [9.17, 15) is 5.11 Å². The van der Waals surface area contributed by atoms with Gasteiger partial charge in [0.25, 0.3) is 0 Å². The van der Waals surface area contributed by atoms with Crippen molar-refractivity contribution >= 4 is 0 Å². The van der Waals surface area contributed by atoms with Crippen molar-refractivity contribution < 1.29 is 14.6 Å². The first-order valence-electron chi connectivity index (χ1n) is 5.88. The quantitative estimate of drug-likeness (QED) is 0.788. The zero-order valence-electron chi connectivity index (χ0n) is 11.1. The van der Waals surface area contributed by atoms with Gasteiger partial charge >= 0.3 is 0 Å². The molecule has 0 saturated heterocycles. The van der Waals surface area contributed by atoms with Crippen LogP contribution in [0.25, 0.3) is 0 Å². The van der Waals surface area contributed by atoms with Crippen molar-refractivity contribution in [2.24, 2.45) is 0 Å². The highest BCUT2D eigenvalue weighted by Crippen LogP contribution is 2.32. The third-order valence-corrected chi connectivity index (χ3v) is 2.76. The lowest BCUT2D eigenvalue weighted by Crippen LogP contribution is -2.27. The van der Waals surface area contributed by atoms with Gasteiger partial charge in [0.2, 0.25) is 0 Å². The molecule has 98 valence electrons. The van der Waals surface area contributed by atoms with Gasteiger partial charge in [0.05, 0.1) is 13.3 Å². The number of aryl methyl sites for hydroxylation is 1. The van der Waals surface area contributed by atoms with Crippen molar-refractivity contribution in [2.45, 2.75) is 38.8 Å². The number of aliphatic hydroxyl groups is 1. The third-order valence-electron chi connectivity index (χ3n) is 2.76. The van der Waals surface area contributed by atoms with Crippen LogP contribution in [0.5, 0.6) is 5.75 Å². The van der Waals surface area contributed by atoms with Gasteiger partial charge in [0, 0.05) is 26.7 Å². The fourth-order valence-corrected chi connectivity index (χ4v) is 1.86. The summed E-state index contributed by atoms with van der Waals surface area (Å²) in [4.78, 5) is 0. The van der Waals surface area contributed by atoms with Crippen LogP contribution in [-0.4, -0.2) is 35.7 Å². The van der Waals surface area contributed by atoms with Gasteiger partial charge in [-0.15, -0.1) is 0 Å². The highest BCUT2D eigenvalue weighted by atomic mass is 16.5. The molecule has 1 aromatic heterocycles. The summed E-state index contributed by atoms with van der Waals surface area (Å²) < 4.78 is 12.1. The molecule has 0 aromatic carbocycles. The van der Waals surface area contributed by atoms with Gasteiger partial charge in [0.15, 0.2) is 5.75 Å². The van der Waals surface area contributed by atoms with Crippen molar-refractivity contribution in [2.75, 3.05) is 20.8 Å². The zero-order chi connectivity index (χ0) is 12.9. The van der Waals surface area contributed by atoms with Gasteiger partial charge in [-0.1, -0.05) is 6.92 Å². The van der Waals surface area contributed by atoms with Crippen LogP contribution in [0.1, 0.15) is 32.4 Å². The average molecular weight is 242 g/mol. The van der Waals surface area contributed by atoms with Crippen molar-refractivity contribution in [3.63, 3.8) is 0 Å². The Hall–Kier alpha value is -1.07. The second-order valence-corrected chi connectivity index (χ2v) is 4.30. The monoisotopic (exact) mass is 242 g/mol. The van der Waals surface area contributed by atoms with Gasteiger partial charge in [-0.25, -0.2) is 0 Å². The number of hydrogen-bond acceptors (Lipinski definition) is 4. The molecule has 0 spiro atoms. The second-order valence-electron chi connectivity index (χ2n) is 4.30. The minimum atomic E-state index is -0.993. The predicted molar refractivity (Wildman–Crippen MR) is 65.1 cm³/mol. The summed E-state index contributed by atoms with van der Waals surface area (Å²) in [6.07, 6.45) is 3.11. The second kappa shape index (κ2) is 6.02. The van der Waals surface area contributed by atoms with Crippen LogP contribution in [0.3, 0.4) is 0 Å². The normalized spacial score (nSPS) is 14.6. The maximum atomic E-state index is 10.5. The molecule has 0 saturated carbocycles. The van der Waals surface area contributed by atoms with E-state index in [0.717, 1.165) is 18.7 Å². The lowest BCUT2D eigenvalue weighted by atomic mass is 9.97. The van der Waals surface area contributed by atoms with Crippen LogP contribution < -0.4 is 4.74 Å². The van der Waals surface area contributed by atoms with Crippen molar-refractivity contribution in [3.05, 3.63) is 11.9 Å². The van der Waals surface area contributed by atoms with E-state index in [0.29, 0.717) is 18.8 Å². The average Bonchev–Trinajstić information content (AvgIpc) is 2.71. The zero-order valence-corrected chi connectivity index (χ0v) is 11.1. The van der Waals surface area contributed by atoms with Gasteiger partial charge in [-0.3, -0.25) is 4.68 Å². The molecule has 5 nitrogen and oxygen atoms in total. The molecule has 0 aliphatic rings. The molecule has 0 fully saturated rings. The Morgan fingerprint density at radius 1 is 1.47 bits per heavy atom. The Morgan fingerprint density at radius 2 is 2.18 bits per heavy atom. The van der Waals surface area contributed by atoms with E-state index < -0.39 is 5.60 Å². The number of methoxy groups -OCH3 is 2. The SMILES string of the molecule is CCCn1ncc(OC)c1C(C)(O)CCOC. The first kappa shape index (κ1) is 14.0. The standard InChI is InChI=1S/C12H22N2O3/c1-5-7-14-11(10(17-4)9-13-14)12(2,15)6-8-16-3/h9,15H,5-8H2,1-4H3. The molecule has 1 aromatic rings. The van der Waals surface area contributed by atoms with Crippen LogP contribution in [0.15, 0.2) is 6.20 Å². The summed E-state index contributed by atoms with van der Waals surface area (Å²) in [7, 11) is 3.21. The van der Waals surface area contributed by atoms with Gasteiger partial charge in [0.1, 0.15) is 11.3 Å². The first-order chi connectivity index (χ1) is 8.06. The minimum Gasteiger partial charge on any atom is -0.493 e. The Balaban J connectivity index is 3.02. The predicted octanol–water partition coefficient (Wildman–Crippen LogP) is 1.55. The minimum absolute atomic E-state index is 0.494. The Labute approximate surface area is 102 Å². The lowest BCUT2D eigenvalue weighted by molar-refractivity contribution is 0.0114. The molecule has 0 bridgehead atoms. The van der Waals surface area contributed by atoms with E-state index in [1.54, 1.807) is 32.0 Å². The number of hydrogen-bond donors (Lipinski definition) is 1. The van der Waals surface area contributed by atoms with Crippen molar-refractivity contribution in [1.29, 1.82) is 0 Å². The fraction of sp³-hybridized carbons (Fsp3) is 0.750. The number of nitrogens with zero attached hydrogens (tertiary/aromatic N) is 2. The Bertz CT molecular complexity index is 348. The molecule has 1 heterocycles. The van der Waals surface area contributed by atoms with Crippen LogP contribution in [0.4, 0.5) is 0 Å². The lowest BCUT2D eigenvalue weighted by Gasteiger charge is -2.25. The summed E-state index contributed by atoms with van der Waals surface area (Å²) >= 11 is 0. The smallest absolute Gasteiger partial charge is 0.162 e. The molecule has 0 aliphatic heterocycles. The first-order valence-corrected chi connectivity index (χ1v) is 5.88. The number of rotatable bonds is 7. The maximum Gasteiger partial charge on any atom is 0.162 e.